The van der Waals surface area contributed by atoms with E-state index >= 15 is 0 Å². The minimum absolute atomic E-state index is 0.474. The van der Waals surface area contributed by atoms with Gasteiger partial charge in [0.2, 0.25) is 0 Å². The van der Waals surface area contributed by atoms with E-state index in [-0.39, 0.29) is 0 Å². The van der Waals surface area contributed by atoms with Crippen LogP contribution in [0.1, 0.15) is 44.9 Å². The van der Waals surface area contributed by atoms with Crippen molar-refractivity contribution in [3.63, 3.8) is 0 Å². The van der Waals surface area contributed by atoms with Crippen molar-refractivity contribution in [1.82, 2.24) is 15.1 Å². The Morgan fingerprint density at radius 2 is 1.94 bits per heavy atom. The fourth-order valence-electron chi connectivity index (χ4n) is 4.17. The summed E-state index contributed by atoms with van der Waals surface area (Å²) in [5, 5.41) is 3.92. The Labute approximate surface area is 112 Å². The average molecular weight is 251 g/mol. The number of rotatable bonds is 4. The molecule has 0 aromatic rings. The molecule has 2 unspecified atom stereocenters. The zero-order valence-electron chi connectivity index (χ0n) is 12.1. The highest BCUT2D eigenvalue weighted by Crippen LogP contribution is 2.36. The highest BCUT2D eigenvalue weighted by molar-refractivity contribution is 5.01. The molecule has 3 heteroatoms. The minimum atomic E-state index is 0.474. The van der Waals surface area contributed by atoms with E-state index in [2.05, 4.69) is 29.2 Å². The second-order valence-corrected chi connectivity index (χ2v) is 6.85. The van der Waals surface area contributed by atoms with Crippen LogP contribution in [0.3, 0.4) is 0 Å². The zero-order chi connectivity index (χ0) is 12.6. The van der Waals surface area contributed by atoms with Gasteiger partial charge in [-0.05, 0) is 59.2 Å². The first-order valence-electron chi connectivity index (χ1n) is 7.86. The molecule has 2 heterocycles. The second kappa shape index (κ2) is 5.10. The maximum absolute atomic E-state index is 3.92. The van der Waals surface area contributed by atoms with E-state index in [9.17, 15) is 0 Å². The van der Waals surface area contributed by atoms with Crippen molar-refractivity contribution in [3.05, 3.63) is 0 Å². The standard InChI is InChI=1S/C15H29N3/c1-17(2)15(8-5-9-15)12-16-13-7-11-18-10-4-3-6-14(13)18/h13-14,16H,3-12H2,1-2H3. The lowest BCUT2D eigenvalue weighted by Gasteiger charge is -2.48. The smallest absolute Gasteiger partial charge is 0.0328 e. The molecule has 1 N–H and O–H groups in total. The molecule has 0 radical (unpaired) electrons. The van der Waals surface area contributed by atoms with Crippen LogP contribution in [0.4, 0.5) is 0 Å². The molecule has 0 aromatic heterocycles. The third-order valence-electron chi connectivity index (χ3n) is 5.78. The van der Waals surface area contributed by atoms with Crippen LogP contribution in [-0.2, 0) is 0 Å². The van der Waals surface area contributed by atoms with E-state index in [0.717, 1.165) is 12.1 Å². The number of nitrogens with one attached hydrogen (secondary N) is 1. The fourth-order valence-corrected chi connectivity index (χ4v) is 4.17. The summed E-state index contributed by atoms with van der Waals surface area (Å²) in [4.78, 5) is 5.18. The summed E-state index contributed by atoms with van der Waals surface area (Å²) in [5.41, 5.74) is 0.474. The molecule has 1 saturated carbocycles. The molecule has 18 heavy (non-hydrogen) atoms. The number of fused-ring (bicyclic) bond motifs is 1. The predicted octanol–water partition coefficient (Wildman–Crippen LogP) is 1.69. The Kier molecular flexibility index (Phi) is 3.65. The second-order valence-electron chi connectivity index (χ2n) is 6.85. The lowest BCUT2D eigenvalue weighted by molar-refractivity contribution is 0.0543. The first kappa shape index (κ1) is 12.9. The summed E-state index contributed by atoms with van der Waals surface area (Å²) in [7, 11) is 4.50. The predicted molar refractivity (Wildman–Crippen MR) is 75.9 cm³/mol. The van der Waals surface area contributed by atoms with Crippen LogP contribution < -0.4 is 5.32 Å². The van der Waals surface area contributed by atoms with Gasteiger partial charge in [0, 0.05) is 30.7 Å². The Morgan fingerprint density at radius 3 is 2.61 bits per heavy atom. The zero-order valence-corrected chi connectivity index (χ0v) is 12.1. The molecule has 3 fully saturated rings. The molecular formula is C15H29N3. The highest BCUT2D eigenvalue weighted by atomic mass is 15.2. The van der Waals surface area contributed by atoms with Gasteiger partial charge in [0.1, 0.15) is 0 Å². The number of piperidine rings is 1. The van der Waals surface area contributed by atoms with Crippen LogP contribution in [0.2, 0.25) is 0 Å². The summed E-state index contributed by atoms with van der Waals surface area (Å²) in [6.07, 6.45) is 9.84. The quantitative estimate of drug-likeness (QED) is 0.820. The van der Waals surface area contributed by atoms with E-state index in [0.29, 0.717) is 5.54 Å². The first-order valence-corrected chi connectivity index (χ1v) is 7.86. The summed E-state index contributed by atoms with van der Waals surface area (Å²) < 4.78 is 0. The van der Waals surface area contributed by atoms with Gasteiger partial charge in [-0.15, -0.1) is 0 Å². The molecular weight excluding hydrogens is 222 g/mol. The monoisotopic (exact) mass is 251 g/mol. The van der Waals surface area contributed by atoms with Crippen LogP contribution >= 0.6 is 0 Å². The number of hydrogen-bond donors (Lipinski definition) is 1. The van der Waals surface area contributed by atoms with Crippen LogP contribution in [-0.4, -0.2) is 61.2 Å². The van der Waals surface area contributed by atoms with Gasteiger partial charge < -0.3 is 10.2 Å². The normalized spacial score (nSPS) is 35.5. The molecule has 2 saturated heterocycles. The van der Waals surface area contributed by atoms with Gasteiger partial charge >= 0.3 is 0 Å². The van der Waals surface area contributed by atoms with Crippen molar-refractivity contribution >= 4 is 0 Å². The summed E-state index contributed by atoms with van der Waals surface area (Å²) in [6.45, 7) is 3.88. The van der Waals surface area contributed by atoms with Gasteiger partial charge in [-0.1, -0.05) is 6.42 Å². The summed E-state index contributed by atoms with van der Waals surface area (Å²) in [5.74, 6) is 0. The van der Waals surface area contributed by atoms with Crippen molar-refractivity contribution in [3.8, 4) is 0 Å². The van der Waals surface area contributed by atoms with Gasteiger partial charge in [0.15, 0.2) is 0 Å². The van der Waals surface area contributed by atoms with E-state index in [1.807, 2.05) is 0 Å². The van der Waals surface area contributed by atoms with Crippen molar-refractivity contribution < 1.29 is 0 Å². The van der Waals surface area contributed by atoms with Crippen molar-refractivity contribution in [1.29, 1.82) is 0 Å². The van der Waals surface area contributed by atoms with Gasteiger partial charge in [0.05, 0.1) is 0 Å². The van der Waals surface area contributed by atoms with Gasteiger partial charge in [-0.2, -0.15) is 0 Å². The Morgan fingerprint density at radius 1 is 1.11 bits per heavy atom. The molecule has 2 aliphatic heterocycles. The molecule has 3 aliphatic rings. The van der Waals surface area contributed by atoms with E-state index in [1.54, 1.807) is 0 Å². The fraction of sp³-hybridized carbons (Fsp3) is 1.00. The summed E-state index contributed by atoms with van der Waals surface area (Å²) in [6, 6.07) is 1.61. The van der Waals surface area contributed by atoms with Crippen molar-refractivity contribution in [2.45, 2.75) is 62.6 Å². The Bertz CT molecular complexity index is 285. The number of likely N-dealkylation sites (N-methyl/N-ethyl adjacent to an activating group) is 1. The Hall–Kier alpha value is -0.120. The molecule has 0 bridgehead atoms. The Balaban J connectivity index is 1.54. The molecule has 2 atom stereocenters. The lowest BCUT2D eigenvalue weighted by Crippen LogP contribution is -2.59. The topological polar surface area (TPSA) is 18.5 Å². The van der Waals surface area contributed by atoms with Crippen LogP contribution in [0.5, 0.6) is 0 Å². The van der Waals surface area contributed by atoms with E-state index in [1.165, 1.54) is 64.6 Å². The van der Waals surface area contributed by atoms with E-state index < -0.39 is 0 Å². The summed E-state index contributed by atoms with van der Waals surface area (Å²) >= 11 is 0. The number of hydrogen-bond acceptors (Lipinski definition) is 3. The average Bonchev–Trinajstić information content (AvgIpc) is 2.71. The molecule has 0 amide bonds. The molecule has 3 rings (SSSR count). The third kappa shape index (κ3) is 2.21. The molecule has 3 nitrogen and oxygen atoms in total. The van der Waals surface area contributed by atoms with Crippen LogP contribution in [0, 0.1) is 0 Å². The van der Waals surface area contributed by atoms with E-state index in [4.69, 9.17) is 0 Å². The number of nitrogens with zero attached hydrogens (tertiary/aromatic N) is 2. The highest BCUT2D eigenvalue weighted by Gasteiger charge is 2.41. The largest absolute Gasteiger partial charge is 0.311 e. The first-order chi connectivity index (χ1) is 8.71. The maximum Gasteiger partial charge on any atom is 0.0328 e. The lowest BCUT2D eigenvalue weighted by atomic mass is 9.75. The third-order valence-corrected chi connectivity index (χ3v) is 5.78. The van der Waals surface area contributed by atoms with Crippen LogP contribution in [0.25, 0.3) is 0 Å². The van der Waals surface area contributed by atoms with Crippen molar-refractivity contribution in [2.24, 2.45) is 0 Å². The molecule has 0 spiro atoms. The van der Waals surface area contributed by atoms with Crippen molar-refractivity contribution in [2.75, 3.05) is 33.7 Å². The molecule has 0 aromatic carbocycles. The van der Waals surface area contributed by atoms with Gasteiger partial charge in [-0.3, -0.25) is 4.90 Å². The molecule has 104 valence electrons. The van der Waals surface area contributed by atoms with Gasteiger partial charge in [0.25, 0.3) is 0 Å². The van der Waals surface area contributed by atoms with Gasteiger partial charge in [-0.25, -0.2) is 0 Å². The van der Waals surface area contributed by atoms with Crippen LogP contribution in [0.15, 0.2) is 0 Å². The SMILES string of the molecule is CN(C)C1(CNC2CCN3CCCCC23)CCC1. The maximum atomic E-state index is 3.92. The minimum Gasteiger partial charge on any atom is -0.311 e. The molecule has 1 aliphatic carbocycles.